The molecular weight excluding hydrogens is 282 g/mol. The van der Waals surface area contributed by atoms with Crippen LogP contribution in [-0.2, 0) is 4.79 Å². The topological polar surface area (TPSA) is 62.7 Å². The van der Waals surface area contributed by atoms with Crippen molar-refractivity contribution in [2.75, 3.05) is 12.2 Å². The number of carbonyl (C=O) groups excluding carboxylic acids is 1. The number of nitrogens with zero attached hydrogens (tertiary/aromatic N) is 2. The fraction of sp³-hybridized carbons (Fsp3) is 0.143. The molecule has 2 aromatic rings. The van der Waals surface area contributed by atoms with Crippen molar-refractivity contribution in [3.05, 3.63) is 42.1 Å². The molecule has 0 saturated heterocycles. The lowest BCUT2D eigenvalue weighted by Gasteiger charge is -2.15. The molecule has 110 valence electrons. The molecule has 1 N–H and O–H groups in total. The van der Waals surface area contributed by atoms with Gasteiger partial charge in [0, 0.05) is 24.1 Å². The molecule has 0 fully saturated rings. The first-order valence-corrected chi connectivity index (χ1v) is 5.93. The second-order valence-electron chi connectivity index (χ2n) is 4.21. The van der Waals surface area contributed by atoms with Crippen LogP contribution in [0.25, 0.3) is 11.1 Å². The summed E-state index contributed by atoms with van der Waals surface area (Å²) in [5, 5.41) is 9.97. The molecule has 7 heteroatoms. The first kappa shape index (κ1) is 14.9. The summed E-state index contributed by atoms with van der Waals surface area (Å²) in [6.45, 7) is 1.16. The largest absolute Gasteiger partial charge is 0.481 e. The van der Waals surface area contributed by atoms with Gasteiger partial charge in [0.15, 0.2) is 0 Å². The fourth-order valence-corrected chi connectivity index (χ4v) is 1.80. The van der Waals surface area contributed by atoms with Gasteiger partial charge in [0.05, 0.1) is 19.0 Å². The lowest BCUT2D eigenvalue weighted by Crippen LogP contribution is -2.23. The maximum Gasteiger partial charge on any atom is 0.247 e. The molecule has 0 radical (unpaired) electrons. The normalized spacial score (nSPS) is 10.3. The van der Waals surface area contributed by atoms with E-state index < -0.39 is 17.5 Å². The number of methoxy groups -OCH3 is 1. The number of pyridine rings is 1. The van der Waals surface area contributed by atoms with E-state index in [1.165, 1.54) is 25.4 Å². The number of ether oxygens (including phenoxy) is 1. The summed E-state index contributed by atoms with van der Waals surface area (Å²) < 4.78 is 31.9. The monoisotopic (exact) mass is 294 g/mol. The van der Waals surface area contributed by atoms with Gasteiger partial charge >= 0.3 is 0 Å². The molecule has 0 unspecified atom stereocenters. The summed E-state index contributed by atoms with van der Waals surface area (Å²) in [7, 11) is 1.34. The highest BCUT2D eigenvalue weighted by atomic mass is 19.1. The van der Waals surface area contributed by atoms with E-state index in [4.69, 9.17) is 4.74 Å². The van der Waals surface area contributed by atoms with Crippen molar-refractivity contribution in [1.82, 2.24) is 4.98 Å². The number of rotatable bonds is 3. The Kier molecular flexibility index (Phi) is 4.13. The Morgan fingerprint density at radius 3 is 2.57 bits per heavy atom. The van der Waals surface area contributed by atoms with E-state index in [0.717, 1.165) is 19.1 Å². The molecule has 0 saturated carbocycles. The van der Waals surface area contributed by atoms with Crippen LogP contribution in [0.2, 0.25) is 0 Å². The maximum atomic E-state index is 13.9. The van der Waals surface area contributed by atoms with E-state index >= 15 is 0 Å². The second-order valence-corrected chi connectivity index (χ2v) is 4.21. The molecule has 0 aliphatic heterocycles. The van der Waals surface area contributed by atoms with Gasteiger partial charge in [0.25, 0.3) is 0 Å². The van der Waals surface area contributed by atoms with Crippen LogP contribution in [0.3, 0.4) is 0 Å². The van der Waals surface area contributed by atoms with Crippen LogP contribution in [0, 0.1) is 11.6 Å². The third-order valence-corrected chi connectivity index (χ3v) is 2.79. The summed E-state index contributed by atoms with van der Waals surface area (Å²) in [6.07, 6.45) is 1.20. The molecule has 1 amide bonds. The third-order valence-electron chi connectivity index (χ3n) is 2.79. The predicted molar refractivity (Wildman–Crippen MR) is 71.1 cm³/mol. The summed E-state index contributed by atoms with van der Waals surface area (Å²) >= 11 is 0. The highest BCUT2D eigenvalue weighted by molar-refractivity contribution is 5.90. The number of carbonyl (C=O) groups is 1. The molecular formula is C14H12F2N2O3. The van der Waals surface area contributed by atoms with Crippen molar-refractivity contribution in [3.63, 3.8) is 0 Å². The molecule has 5 nitrogen and oxygen atoms in total. The van der Waals surface area contributed by atoms with Crippen LogP contribution >= 0.6 is 0 Å². The Morgan fingerprint density at radius 1 is 1.29 bits per heavy atom. The van der Waals surface area contributed by atoms with Gasteiger partial charge in [-0.3, -0.25) is 10.0 Å². The molecule has 0 spiro atoms. The summed E-state index contributed by atoms with van der Waals surface area (Å²) in [4.78, 5) is 15.1. The van der Waals surface area contributed by atoms with Gasteiger partial charge in [0.2, 0.25) is 11.8 Å². The van der Waals surface area contributed by atoms with Crippen LogP contribution < -0.4 is 9.80 Å². The standard InChI is InChI=1S/C14H12F2N2O3/c1-8(19)18(20)10-6-12(14(21-2)17-7-10)11-4-3-9(15)5-13(11)16/h3-7,20H,1-2H3. The SMILES string of the molecule is COc1ncc(N(O)C(C)=O)cc1-c1ccc(F)cc1F. The lowest BCUT2D eigenvalue weighted by atomic mass is 10.1. The Morgan fingerprint density at radius 2 is 2.00 bits per heavy atom. The fourth-order valence-electron chi connectivity index (χ4n) is 1.80. The first-order valence-electron chi connectivity index (χ1n) is 5.93. The van der Waals surface area contributed by atoms with Gasteiger partial charge in [-0.25, -0.2) is 13.8 Å². The minimum Gasteiger partial charge on any atom is -0.481 e. The zero-order valence-electron chi connectivity index (χ0n) is 11.3. The number of aromatic nitrogens is 1. The molecule has 1 aromatic heterocycles. The van der Waals surface area contributed by atoms with E-state index in [1.54, 1.807) is 0 Å². The molecule has 0 aliphatic rings. The van der Waals surface area contributed by atoms with E-state index in [2.05, 4.69) is 4.98 Å². The van der Waals surface area contributed by atoms with Crippen molar-refractivity contribution < 1.29 is 23.5 Å². The molecule has 0 atom stereocenters. The molecule has 21 heavy (non-hydrogen) atoms. The predicted octanol–water partition coefficient (Wildman–Crippen LogP) is 2.78. The van der Waals surface area contributed by atoms with Crippen LogP contribution in [0.15, 0.2) is 30.5 Å². The van der Waals surface area contributed by atoms with Crippen molar-refractivity contribution >= 4 is 11.6 Å². The Bertz CT molecular complexity index is 692. The van der Waals surface area contributed by atoms with Crippen LogP contribution in [0.4, 0.5) is 14.5 Å². The van der Waals surface area contributed by atoms with Gasteiger partial charge in [-0.15, -0.1) is 0 Å². The van der Waals surface area contributed by atoms with E-state index in [0.29, 0.717) is 5.06 Å². The van der Waals surface area contributed by atoms with E-state index in [1.807, 2.05) is 0 Å². The number of hydrogen-bond acceptors (Lipinski definition) is 4. The van der Waals surface area contributed by atoms with Crippen molar-refractivity contribution in [1.29, 1.82) is 0 Å². The summed E-state index contributed by atoms with van der Waals surface area (Å²) in [5.74, 6) is -2.07. The number of amides is 1. The maximum absolute atomic E-state index is 13.9. The van der Waals surface area contributed by atoms with Crippen molar-refractivity contribution in [3.8, 4) is 17.0 Å². The number of halogens is 2. The Hall–Kier alpha value is -2.54. The molecule has 0 aliphatic carbocycles. The Balaban J connectivity index is 2.60. The van der Waals surface area contributed by atoms with Gasteiger partial charge < -0.3 is 4.74 Å². The smallest absolute Gasteiger partial charge is 0.247 e. The van der Waals surface area contributed by atoms with Crippen LogP contribution in [0.1, 0.15) is 6.92 Å². The van der Waals surface area contributed by atoms with Gasteiger partial charge in [-0.2, -0.15) is 5.06 Å². The van der Waals surface area contributed by atoms with Crippen LogP contribution in [0.5, 0.6) is 5.88 Å². The van der Waals surface area contributed by atoms with Gasteiger partial charge in [0.1, 0.15) is 11.6 Å². The number of anilines is 1. The van der Waals surface area contributed by atoms with Crippen molar-refractivity contribution in [2.24, 2.45) is 0 Å². The highest BCUT2D eigenvalue weighted by Crippen LogP contribution is 2.33. The first-order chi connectivity index (χ1) is 9.93. The second kappa shape index (κ2) is 5.84. The minimum atomic E-state index is -0.806. The molecule has 1 heterocycles. The number of hydrogen-bond donors (Lipinski definition) is 1. The number of benzene rings is 1. The molecule has 2 rings (SSSR count). The summed E-state index contributed by atoms with van der Waals surface area (Å²) in [6, 6.07) is 4.36. The molecule has 0 bridgehead atoms. The van der Waals surface area contributed by atoms with Crippen molar-refractivity contribution in [2.45, 2.75) is 6.92 Å². The minimum absolute atomic E-state index is 0.0413. The zero-order valence-corrected chi connectivity index (χ0v) is 11.3. The summed E-state index contributed by atoms with van der Waals surface area (Å²) in [5.41, 5.74) is 0.273. The Labute approximate surface area is 119 Å². The van der Waals surface area contributed by atoms with Crippen LogP contribution in [-0.4, -0.2) is 23.2 Å². The zero-order chi connectivity index (χ0) is 15.6. The quantitative estimate of drug-likeness (QED) is 0.698. The van der Waals surface area contributed by atoms with E-state index in [-0.39, 0.29) is 22.7 Å². The number of hydroxylamine groups is 1. The lowest BCUT2D eigenvalue weighted by molar-refractivity contribution is -0.121. The average molecular weight is 294 g/mol. The molecule has 1 aromatic carbocycles. The van der Waals surface area contributed by atoms with E-state index in [9.17, 15) is 18.8 Å². The third kappa shape index (κ3) is 2.97. The average Bonchev–Trinajstić information content (AvgIpc) is 2.45. The highest BCUT2D eigenvalue weighted by Gasteiger charge is 2.17. The van der Waals surface area contributed by atoms with Gasteiger partial charge in [-0.05, 0) is 18.2 Å². The van der Waals surface area contributed by atoms with Gasteiger partial charge in [-0.1, -0.05) is 0 Å².